The summed E-state index contributed by atoms with van der Waals surface area (Å²) >= 11 is 10.5. The van der Waals surface area contributed by atoms with Gasteiger partial charge in [0.15, 0.2) is 0 Å². The molecule has 0 aliphatic heterocycles. The lowest BCUT2D eigenvalue weighted by Crippen LogP contribution is -2.38. The molecule has 3 N–H and O–H groups in total. The topological polar surface area (TPSA) is 38.0 Å². The third-order valence-electron chi connectivity index (χ3n) is 2.58. The molecule has 1 atom stereocenters. The van der Waals surface area contributed by atoms with Crippen LogP contribution in [0.25, 0.3) is 0 Å². The van der Waals surface area contributed by atoms with Crippen LogP contribution in [0.1, 0.15) is 4.88 Å². The molecule has 1 aromatic carbocycles. The van der Waals surface area contributed by atoms with Gasteiger partial charge in [0, 0.05) is 26.0 Å². The molecule has 0 spiro atoms. The molecular weight excluding hydrogens is 408 g/mol. The highest BCUT2D eigenvalue weighted by Gasteiger charge is 2.10. The number of nitrogens with one attached hydrogen (secondary N) is 1. The second kappa shape index (κ2) is 7.81. The molecule has 2 rings (SSSR count). The molecule has 6 heteroatoms. The van der Waals surface area contributed by atoms with Crippen molar-refractivity contribution in [3.05, 3.63) is 49.5 Å². The highest BCUT2D eigenvalue weighted by atomic mass is 79.9. The largest absolute Gasteiger partial charge is 0.271 e. The Bertz CT molecular complexity index is 514. The van der Waals surface area contributed by atoms with Crippen LogP contribution in [-0.2, 0) is 6.42 Å². The van der Waals surface area contributed by atoms with Gasteiger partial charge in [-0.1, -0.05) is 15.9 Å². The third kappa shape index (κ3) is 5.21. The van der Waals surface area contributed by atoms with Crippen LogP contribution in [0.3, 0.4) is 0 Å². The summed E-state index contributed by atoms with van der Waals surface area (Å²) in [5.41, 5.74) is 2.90. The lowest BCUT2D eigenvalue weighted by atomic mass is 10.2. The average molecular weight is 422 g/mol. The van der Waals surface area contributed by atoms with Crippen LogP contribution in [0, 0.1) is 0 Å². The van der Waals surface area contributed by atoms with Gasteiger partial charge in [-0.3, -0.25) is 11.3 Å². The Balaban J connectivity index is 1.87. The minimum Gasteiger partial charge on any atom is -0.271 e. The van der Waals surface area contributed by atoms with Crippen LogP contribution < -0.4 is 11.3 Å². The maximum atomic E-state index is 5.64. The molecule has 0 aliphatic carbocycles. The Kier molecular flexibility index (Phi) is 6.38. The molecule has 1 aromatic heterocycles. The van der Waals surface area contributed by atoms with E-state index >= 15 is 0 Å². The molecule has 0 fully saturated rings. The van der Waals surface area contributed by atoms with Crippen molar-refractivity contribution in [2.24, 2.45) is 5.84 Å². The SMILES string of the molecule is NNC(CSc1ccc(Br)cc1)Cc1ccc(Br)s1. The number of rotatable bonds is 6. The van der Waals surface area contributed by atoms with E-state index in [1.807, 2.05) is 11.8 Å². The molecule has 102 valence electrons. The van der Waals surface area contributed by atoms with Gasteiger partial charge >= 0.3 is 0 Å². The van der Waals surface area contributed by atoms with Gasteiger partial charge in [-0.2, -0.15) is 0 Å². The number of hydrogen-bond donors (Lipinski definition) is 2. The van der Waals surface area contributed by atoms with Crippen molar-refractivity contribution in [1.29, 1.82) is 0 Å². The fraction of sp³-hybridized carbons (Fsp3) is 0.231. The highest BCUT2D eigenvalue weighted by molar-refractivity contribution is 9.11. The van der Waals surface area contributed by atoms with E-state index in [1.54, 1.807) is 11.3 Å². The van der Waals surface area contributed by atoms with Gasteiger partial charge in [0.1, 0.15) is 0 Å². The van der Waals surface area contributed by atoms with E-state index in [-0.39, 0.29) is 6.04 Å². The molecule has 0 aliphatic rings. The minimum atomic E-state index is 0.277. The Morgan fingerprint density at radius 2 is 1.89 bits per heavy atom. The van der Waals surface area contributed by atoms with Gasteiger partial charge in [0.2, 0.25) is 0 Å². The number of hydrogen-bond acceptors (Lipinski definition) is 4. The molecule has 0 radical (unpaired) electrons. The summed E-state index contributed by atoms with van der Waals surface area (Å²) in [6.45, 7) is 0. The Morgan fingerprint density at radius 3 is 2.47 bits per heavy atom. The van der Waals surface area contributed by atoms with Crippen molar-refractivity contribution in [3.8, 4) is 0 Å². The van der Waals surface area contributed by atoms with E-state index in [0.717, 1.165) is 16.6 Å². The van der Waals surface area contributed by atoms with E-state index < -0.39 is 0 Å². The van der Waals surface area contributed by atoms with Gasteiger partial charge < -0.3 is 0 Å². The first-order valence-electron chi connectivity index (χ1n) is 5.76. The van der Waals surface area contributed by atoms with Gasteiger partial charge in [0.05, 0.1) is 3.79 Å². The summed E-state index contributed by atoms with van der Waals surface area (Å²) in [6.07, 6.45) is 0.955. The zero-order valence-electron chi connectivity index (χ0n) is 10.1. The van der Waals surface area contributed by atoms with Gasteiger partial charge in [-0.05, 0) is 58.7 Å². The van der Waals surface area contributed by atoms with Gasteiger partial charge in [0.25, 0.3) is 0 Å². The van der Waals surface area contributed by atoms with Crippen molar-refractivity contribution in [3.63, 3.8) is 0 Å². The number of thioether (sulfide) groups is 1. The molecule has 2 nitrogen and oxygen atoms in total. The van der Waals surface area contributed by atoms with Crippen LogP contribution in [0.15, 0.2) is 49.6 Å². The van der Waals surface area contributed by atoms with Crippen molar-refractivity contribution < 1.29 is 0 Å². The minimum absolute atomic E-state index is 0.277. The maximum absolute atomic E-state index is 5.64. The van der Waals surface area contributed by atoms with E-state index in [2.05, 4.69) is 73.7 Å². The van der Waals surface area contributed by atoms with Crippen LogP contribution in [0.5, 0.6) is 0 Å². The fourth-order valence-electron chi connectivity index (χ4n) is 1.60. The van der Waals surface area contributed by atoms with Crippen LogP contribution >= 0.6 is 55.0 Å². The van der Waals surface area contributed by atoms with Gasteiger partial charge in [-0.25, -0.2) is 0 Å². The lowest BCUT2D eigenvalue weighted by molar-refractivity contribution is 0.579. The van der Waals surface area contributed by atoms with E-state index in [1.165, 1.54) is 13.6 Å². The van der Waals surface area contributed by atoms with E-state index in [0.29, 0.717) is 0 Å². The molecular formula is C13H14Br2N2S2. The third-order valence-corrected chi connectivity index (χ3v) is 5.93. The van der Waals surface area contributed by atoms with Crippen molar-refractivity contribution >= 4 is 55.0 Å². The summed E-state index contributed by atoms with van der Waals surface area (Å²) in [6, 6.07) is 12.8. The zero-order valence-corrected chi connectivity index (χ0v) is 14.9. The van der Waals surface area contributed by atoms with Crippen molar-refractivity contribution in [2.75, 3.05) is 5.75 Å². The zero-order chi connectivity index (χ0) is 13.7. The van der Waals surface area contributed by atoms with Crippen LogP contribution in [-0.4, -0.2) is 11.8 Å². The first-order chi connectivity index (χ1) is 9.17. The Morgan fingerprint density at radius 1 is 1.16 bits per heavy atom. The Labute approximate surface area is 138 Å². The molecule has 0 bridgehead atoms. The maximum Gasteiger partial charge on any atom is 0.0701 e. The summed E-state index contributed by atoms with van der Waals surface area (Å²) in [7, 11) is 0. The molecule has 0 saturated carbocycles. The second-order valence-corrected chi connectivity index (χ2v) is 8.60. The van der Waals surface area contributed by atoms with Crippen LogP contribution in [0.2, 0.25) is 0 Å². The lowest BCUT2D eigenvalue weighted by Gasteiger charge is -2.14. The molecule has 1 heterocycles. The van der Waals surface area contributed by atoms with E-state index in [9.17, 15) is 0 Å². The summed E-state index contributed by atoms with van der Waals surface area (Å²) < 4.78 is 2.27. The quantitative estimate of drug-likeness (QED) is 0.411. The molecule has 0 amide bonds. The monoisotopic (exact) mass is 420 g/mol. The van der Waals surface area contributed by atoms with Crippen molar-refractivity contribution in [1.82, 2.24) is 5.43 Å². The molecule has 1 unspecified atom stereocenters. The molecule has 2 aromatic rings. The number of benzene rings is 1. The second-order valence-electron chi connectivity index (χ2n) is 4.04. The Hall–Kier alpha value is 0.150. The summed E-state index contributed by atoms with van der Waals surface area (Å²) in [5.74, 6) is 6.59. The van der Waals surface area contributed by atoms with E-state index in [4.69, 9.17) is 5.84 Å². The predicted molar refractivity (Wildman–Crippen MR) is 91.7 cm³/mol. The molecule has 0 saturated heterocycles. The highest BCUT2D eigenvalue weighted by Crippen LogP contribution is 2.25. The number of thiophene rings is 1. The first kappa shape index (κ1) is 15.5. The number of halogens is 2. The summed E-state index contributed by atoms with van der Waals surface area (Å²) in [4.78, 5) is 2.60. The summed E-state index contributed by atoms with van der Waals surface area (Å²) in [5, 5.41) is 0. The normalized spacial score (nSPS) is 12.6. The number of nitrogens with two attached hydrogens (primary N) is 1. The first-order valence-corrected chi connectivity index (χ1v) is 9.15. The smallest absolute Gasteiger partial charge is 0.0701 e. The van der Waals surface area contributed by atoms with Crippen molar-refractivity contribution in [2.45, 2.75) is 17.4 Å². The average Bonchev–Trinajstić information content (AvgIpc) is 2.82. The predicted octanol–water partition coefficient (Wildman–Crippen LogP) is 4.44. The van der Waals surface area contributed by atoms with Gasteiger partial charge in [-0.15, -0.1) is 23.1 Å². The standard InChI is InChI=1S/C13H14Br2N2S2/c14-9-1-3-11(4-2-9)18-8-10(17-16)7-12-5-6-13(15)19-12/h1-6,10,17H,7-8,16H2. The fourth-order valence-corrected chi connectivity index (χ4v) is 4.36. The number of hydrazine groups is 1. The van der Waals surface area contributed by atoms with Crippen LogP contribution in [0.4, 0.5) is 0 Å². The molecule has 19 heavy (non-hydrogen) atoms.